The van der Waals surface area contributed by atoms with Gasteiger partial charge in [0.2, 0.25) is 5.91 Å². The SMILES string of the molecule is C=CCSc1nc(=O)c2c(n1C)NC(=O)C[C@H]2c1ccc(OCc2ccc(C)cc2)cc1. The van der Waals surface area contributed by atoms with E-state index in [1.807, 2.05) is 36.4 Å². The highest BCUT2D eigenvalue weighted by atomic mass is 32.2. The van der Waals surface area contributed by atoms with Crippen molar-refractivity contribution in [2.24, 2.45) is 7.05 Å². The minimum absolute atomic E-state index is 0.122. The highest BCUT2D eigenvalue weighted by molar-refractivity contribution is 7.99. The normalized spacial score (nSPS) is 15.1. The van der Waals surface area contributed by atoms with Crippen molar-refractivity contribution in [3.63, 3.8) is 0 Å². The number of carbonyl (C=O) groups is 1. The number of benzene rings is 2. The van der Waals surface area contributed by atoms with E-state index in [4.69, 9.17) is 4.74 Å². The van der Waals surface area contributed by atoms with Crippen LogP contribution >= 0.6 is 11.8 Å². The maximum atomic E-state index is 12.9. The Morgan fingerprint density at radius 1 is 1.19 bits per heavy atom. The molecule has 2 aromatic carbocycles. The summed E-state index contributed by atoms with van der Waals surface area (Å²) in [5.74, 6) is 1.40. The second-order valence-corrected chi connectivity index (χ2v) is 8.76. The fourth-order valence-electron chi connectivity index (χ4n) is 3.73. The molecule has 0 bridgehead atoms. The van der Waals surface area contributed by atoms with E-state index in [0.717, 1.165) is 16.9 Å². The first-order valence-corrected chi connectivity index (χ1v) is 11.4. The third-order valence-corrected chi connectivity index (χ3v) is 6.47. The molecule has 3 aromatic rings. The highest BCUT2D eigenvalue weighted by Crippen LogP contribution is 2.36. The lowest BCUT2D eigenvalue weighted by Gasteiger charge is -2.27. The van der Waals surface area contributed by atoms with Crippen molar-refractivity contribution < 1.29 is 9.53 Å². The summed E-state index contributed by atoms with van der Waals surface area (Å²) in [5, 5.41) is 3.41. The van der Waals surface area contributed by atoms with Crippen molar-refractivity contribution in [2.45, 2.75) is 31.0 Å². The lowest BCUT2D eigenvalue weighted by Crippen LogP contribution is -2.33. The van der Waals surface area contributed by atoms with Crippen LogP contribution in [0, 0.1) is 6.92 Å². The fraction of sp³-hybridized carbons (Fsp3) is 0.240. The number of ether oxygens (including phenoxy) is 1. The zero-order chi connectivity index (χ0) is 22.7. The average Bonchev–Trinajstić information content (AvgIpc) is 2.80. The van der Waals surface area contributed by atoms with Gasteiger partial charge in [-0.1, -0.05) is 59.8 Å². The smallest absolute Gasteiger partial charge is 0.279 e. The number of nitrogens with zero attached hydrogens (tertiary/aromatic N) is 2. The lowest BCUT2D eigenvalue weighted by molar-refractivity contribution is -0.116. The molecule has 7 heteroatoms. The van der Waals surface area contributed by atoms with Crippen LogP contribution in [0.4, 0.5) is 5.82 Å². The first kappa shape index (κ1) is 21.9. The van der Waals surface area contributed by atoms with E-state index in [2.05, 4.69) is 35.9 Å². The van der Waals surface area contributed by atoms with Crippen molar-refractivity contribution in [3.8, 4) is 5.75 Å². The highest BCUT2D eigenvalue weighted by Gasteiger charge is 2.32. The van der Waals surface area contributed by atoms with E-state index < -0.39 is 0 Å². The van der Waals surface area contributed by atoms with Crippen LogP contribution in [0.3, 0.4) is 0 Å². The van der Waals surface area contributed by atoms with Crippen molar-refractivity contribution in [3.05, 3.63) is 93.8 Å². The van der Waals surface area contributed by atoms with Gasteiger partial charge >= 0.3 is 0 Å². The first-order valence-electron chi connectivity index (χ1n) is 10.4. The summed E-state index contributed by atoms with van der Waals surface area (Å²) in [5.41, 5.74) is 3.39. The molecule has 6 nitrogen and oxygen atoms in total. The Hall–Kier alpha value is -3.32. The molecule has 32 heavy (non-hydrogen) atoms. The average molecular weight is 448 g/mol. The molecule has 1 aliphatic heterocycles. The Morgan fingerprint density at radius 3 is 2.59 bits per heavy atom. The molecule has 2 heterocycles. The van der Waals surface area contributed by atoms with Crippen molar-refractivity contribution >= 4 is 23.5 Å². The molecule has 0 spiro atoms. The summed E-state index contributed by atoms with van der Waals surface area (Å²) in [6.07, 6.45) is 1.95. The van der Waals surface area contributed by atoms with Gasteiger partial charge in [-0.05, 0) is 30.2 Å². The minimum Gasteiger partial charge on any atom is -0.489 e. The lowest BCUT2D eigenvalue weighted by atomic mass is 9.87. The summed E-state index contributed by atoms with van der Waals surface area (Å²) in [7, 11) is 1.81. The molecule has 1 amide bonds. The zero-order valence-corrected chi connectivity index (χ0v) is 18.9. The molecule has 0 radical (unpaired) electrons. The number of hydrogen-bond donors (Lipinski definition) is 1. The summed E-state index contributed by atoms with van der Waals surface area (Å²) in [6.45, 7) is 6.23. The summed E-state index contributed by atoms with van der Waals surface area (Å²) < 4.78 is 7.66. The Labute approximate surface area is 191 Å². The van der Waals surface area contributed by atoms with Crippen LogP contribution in [0.25, 0.3) is 0 Å². The number of nitrogens with one attached hydrogen (secondary N) is 1. The Bertz CT molecular complexity index is 1200. The van der Waals surface area contributed by atoms with E-state index in [1.165, 1.54) is 17.3 Å². The van der Waals surface area contributed by atoms with E-state index in [1.54, 1.807) is 17.7 Å². The molecule has 1 atom stereocenters. The first-order chi connectivity index (χ1) is 15.5. The molecule has 0 aliphatic carbocycles. The quantitative estimate of drug-likeness (QED) is 0.330. The van der Waals surface area contributed by atoms with Crippen LogP contribution in [0.2, 0.25) is 0 Å². The predicted molar refractivity (Wildman–Crippen MR) is 127 cm³/mol. The molecule has 1 aromatic heterocycles. The van der Waals surface area contributed by atoms with Gasteiger partial charge in [0.05, 0.1) is 5.56 Å². The summed E-state index contributed by atoms with van der Waals surface area (Å²) >= 11 is 1.40. The van der Waals surface area contributed by atoms with Gasteiger partial charge < -0.3 is 14.6 Å². The molecule has 0 unspecified atom stereocenters. The molecule has 0 fully saturated rings. The largest absolute Gasteiger partial charge is 0.489 e. The number of anilines is 1. The molecule has 4 rings (SSSR count). The second kappa shape index (κ2) is 9.44. The van der Waals surface area contributed by atoms with Gasteiger partial charge in [0.1, 0.15) is 18.2 Å². The topological polar surface area (TPSA) is 73.2 Å². The van der Waals surface area contributed by atoms with Crippen LogP contribution in [0.15, 0.2) is 71.1 Å². The Morgan fingerprint density at radius 2 is 1.91 bits per heavy atom. The monoisotopic (exact) mass is 447 g/mol. The molecule has 1 aliphatic rings. The van der Waals surface area contributed by atoms with Crippen LogP contribution in [0.1, 0.15) is 34.6 Å². The van der Waals surface area contributed by atoms with E-state index >= 15 is 0 Å². The van der Waals surface area contributed by atoms with Gasteiger partial charge in [0, 0.05) is 25.1 Å². The summed E-state index contributed by atoms with van der Waals surface area (Å²) in [6, 6.07) is 15.8. The fourth-order valence-corrected chi connectivity index (χ4v) is 4.43. The Balaban J connectivity index is 1.58. The number of rotatable bonds is 7. The zero-order valence-electron chi connectivity index (χ0n) is 18.1. The van der Waals surface area contributed by atoms with Crippen LogP contribution in [0.5, 0.6) is 5.75 Å². The van der Waals surface area contributed by atoms with Gasteiger partial charge in [-0.3, -0.25) is 9.59 Å². The number of thioether (sulfide) groups is 1. The molecule has 0 saturated carbocycles. The van der Waals surface area contributed by atoms with Crippen LogP contribution in [-0.2, 0) is 18.4 Å². The van der Waals surface area contributed by atoms with Crippen molar-refractivity contribution in [1.29, 1.82) is 0 Å². The van der Waals surface area contributed by atoms with Crippen molar-refractivity contribution in [2.75, 3.05) is 11.1 Å². The minimum atomic E-state index is -0.352. The van der Waals surface area contributed by atoms with Gasteiger partial charge in [-0.25, -0.2) is 0 Å². The maximum Gasteiger partial charge on any atom is 0.279 e. The second-order valence-electron chi connectivity index (χ2n) is 7.77. The molecule has 0 saturated heterocycles. The number of amides is 1. The molecule has 164 valence electrons. The molecule has 1 N–H and O–H groups in total. The number of hydrogen-bond acceptors (Lipinski definition) is 5. The molecular formula is C25H25N3O3S. The van der Waals surface area contributed by atoms with E-state index in [0.29, 0.717) is 28.9 Å². The molecular weight excluding hydrogens is 422 g/mol. The maximum absolute atomic E-state index is 12.9. The predicted octanol–water partition coefficient (Wildman–Crippen LogP) is 4.42. The van der Waals surface area contributed by atoms with Gasteiger partial charge in [-0.2, -0.15) is 4.98 Å². The van der Waals surface area contributed by atoms with Crippen LogP contribution in [-0.4, -0.2) is 21.2 Å². The van der Waals surface area contributed by atoms with Crippen molar-refractivity contribution in [1.82, 2.24) is 9.55 Å². The number of carbonyl (C=O) groups excluding carboxylic acids is 1. The van der Waals surface area contributed by atoms with E-state index in [9.17, 15) is 9.59 Å². The third-order valence-electron chi connectivity index (χ3n) is 5.44. The number of aromatic nitrogens is 2. The standard InChI is InChI=1S/C25H25N3O3S/c1-4-13-32-25-27-24(30)22-20(14-21(29)26-23(22)28(25)3)18-9-11-19(12-10-18)31-15-17-7-5-16(2)6-8-17/h4-12,20H,1,13-15H2,2-3H3,(H,26,29)/t20-/m0/s1. The van der Waals surface area contributed by atoms with Gasteiger partial charge in [-0.15, -0.1) is 6.58 Å². The third kappa shape index (κ3) is 4.62. The Kier molecular flexibility index (Phi) is 6.46. The summed E-state index contributed by atoms with van der Waals surface area (Å²) in [4.78, 5) is 29.6. The van der Waals surface area contributed by atoms with Gasteiger partial charge in [0.15, 0.2) is 5.16 Å². The van der Waals surface area contributed by atoms with E-state index in [-0.39, 0.29) is 23.8 Å². The van der Waals surface area contributed by atoms with Gasteiger partial charge in [0.25, 0.3) is 5.56 Å². The number of aryl methyl sites for hydroxylation is 1. The van der Waals surface area contributed by atoms with Crippen LogP contribution < -0.4 is 15.6 Å². The number of fused-ring (bicyclic) bond motifs is 1.